The molecule has 23 heavy (non-hydrogen) atoms. The summed E-state index contributed by atoms with van der Waals surface area (Å²) in [6, 6.07) is 3.44. The number of aromatic nitrogens is 2. The van der Waals surface area contributed by atoms with Crippen molar-refractivity contribution in [2.45, 2.75) is 26.4 Å². The Morgan fingerprint density at radius 1 is 1.17 bits per heavy atom. The maximum atomic E-state index is 12.1. The minimum atomic E-state index is -0.589. The molecular formula is C16H21N3O4. The predicted octanol–water partition coefficient (Wildman–Crippen LogP) is 3.44. The Kier molecular flexibility index (Phi) is 4.78. The van der Waals surface area contributed by atoms with E-state index in [-0.39, 0.29) is 0 Å². The van der Waals surface area contributed by atoms with Gasteiger partial charge in [0.1, 0.15) is 5.60 Å². The molecule has 1 aromatic heterocycles. The third kappa shape index (κ3) is 4.15. The molecule has 0 saturated carbocycles. The van der Waals surface area contributed by atoms with Crippen LogP contribution >= 0.6 is 0 Å². The molecule has 0 aliphatic rings. The zero-order valence-electron chi connectivity index (χ0n) is 13.9. The van der Waals surface area contributed by atoms with Crippen molar-refractivity contribution in [3.63, 3.8) is 0 Å². The molecule has 2 aromatic rings. The molecule has 0 radical (unpaired) electrons. The first-order valence-electron chi connectivity index (χ1n) is 7.09. The fraction of sp³-hybridized carbons (Fsp3) is 0.375. The number of ether oxygens (including phenoxy) is 3. The highest BCUT2D eigenvalue weighted by molar-refractivity contribution is 5.92. The lowest BCUT2D eigenvalue weighted by atomic mass is 10.1. The van der Waals surface area contributed by atoms with E-state index in [0.717, 1.165) is 5.69 Å². The van der Waals surface area contributed by atoms with Gasteiger partial charge in [-0.05, 0) is 26.8 Å². The van der Waals surface area contributed by atoms with Crippen molar-refractivity contribution in [2.24, 2.45) is 0 Å². The zero-order valence-corrected chi connectivity index (χ0v) is 13.9. The van der Waals surface area contributed by atoms with Crippen LogP contribution < -0.4 is 14.8 Å². The number of nitrogens with zero attached hydrogens (tertiary/aromatic N) is 1. The number of anilines is 1. The molecule has 0 aliphatic heterocycles. The second-order valence-corrected chi connectivity index (χ2v) is 5.84. The molecule has 0 saturated heterocycles. The largest absolute Gasteiger partial charge is 0.493 e. The van der Waals surface area contributed by atoms with Crippen molar-refractivity contribution in [3.05, 3.63) is 24.7 Å². The van der Waals surface area contributed by atoms with Crippen molar-refractivity contribution >= 4 is 11.8 Å². The Morgan fingerprint density at radius 3 is 2.35 bits per heavy atom. The van der Waals surface area contributed by atoms with E-state index in [4.69, 9.17) is 14.2 Å². The Balaban J connectivity index is 2.42. The summed E-state index contributed by atoms with van der Waals surface area (Å²) in [7, 11) is 3.08. The van der Waals surface area contributed by atoms with Crippen LogP contribution in [-0.4, -0.2) is 35.9 Å². The molecule has 2 N–H and O–H groups in total. The predicted molar refractivity (Wildman–Crippen MR) is 87.0 cm³/mol. The molecule has 0 spiro atoms. The van der Waals surface area contributed by atoms with Crippen LogP contribution in [0, 0.1) is 0 Å². The van der Waals surface area contributed by atoms with E-state index in [1.54, 1.807) is 52.5 Å². The van der Waals surface area contributed by atoms with Gasteiger partial charge < -0.3 is 19.2 Å². The molecule has 1 heterocycles. The van der Waals surface area contributed by atoms with Gasteiger partial charge >= 0.3 is 6.09 Å². The van der Waals surface area contributed by atoms with E-state index >= 15 is 0 Å². The molecule has 124 valence electrons. The number of aromatic amines is 1. The van der Waals surface area contributed by atoms with Crippen molar-refractivity contribution in [3.8, 4) is 22.8 Å². The summed E-state index contributed by atoms with van der Waals surface area (Å²) in [5, 5.41) is 2.74. The number of carbonyl (C=O) groups excluding carboxylic acids is 1. The number of nitrogens with one attached hydrogen (secondary N) is 2. The number of rotatable bonds is 4. The number of amides is 1. The van der Waals surface area contributed by atoms with Crippen LogP contribution in [-0.2, 0) is 4.74 Å². The lowest BCUT2D eigenvalue weighted by Crippen LogP contribution is -2.27. The quantitative estimate of drug-likeness (QED) is 0.901. The SMILES string of the molecule is COc1cc(NC(=O)OC(C)(C)C)c(-c2cnc[nH]2)cc1OC. The fourth-order valence-electron chi connectivity index (χ4n) is 2.02. The van der Waals surface area contributed by atoms with Gasteiger partial charge in [-0.1, -0.05) is 0 Å². The number of carbonyl (C=O) groups is 1. The number of hydrogen-bond donors (Lipinski definition) is 2. The highest BCUT2D eigenvalue weighted by Gasteiger charge is 2.20. The average molecular weight is 319 g/mol. The van der Waals surface area contributed by atoms with E-state index in [1.807, 2.05) is 0 Å². The first-order valence-corrected chi connectivity index (χ1v) is 7.09. The zero-order chi connectivity index (χ0) is 17.0. The van der Waals surface area contributed by atoms with Crippen LogP contribution in [0.4, 0.5) is 10.5 Å². The van der Waals surface area contributed by atoms with Crippen LogP contribution in [0.2, 0.25) is 0 Å². The Labute approximate surface area is 135 Å². The number of H-pyrrole nitrogens is 1. The van der Waals surface area contributed by atoms with E-state index in [9.17, 15) is 4.79 Å². The highest BCUT2D eigenvalue weighted by atomic mass is 16.6. The van der Waals surface area contributed by atoms with E-state index in [2.05, 4.69) is 15.3 Å². The van der Waals surface area contributed by atoms with Gasteiger partial charge in [-0.25, -0.2) is 9.78 Å². The Bertz CT molecular complexity index is 675. The van der Waals surface area contributed by atoms with Crippen LogP contribution in [0.3, 0.4) is 0 Å². The molecular weight excluding hydrogens is 298 g/mol. The summed E-state index contributed by atoms with van der Waals surface area (Å²) in [5.41, 5.74) is 1.39. The van der Waals surface area contributed by atoms with E-state index in [0.29, 0.717) is 22.7 Å². The van der Waals surface area contributed by atoms with Gasteiger partial charge in [0.15, 0.2) is 11.5 Å². The first kappa shape index (κ1) is 16.7. The molecule has 0 unspecified atom stereocenters. The van der Waals surface area contributed by atoms with Crippen molar-refractivity contribution in [1.29, 1.82) is 0 Å². The Morgan fingerprint density at radius 2 is 1.83 bits per heavy atom. The molecule has 1 amide bonds. The first-order chi connectivity index (χ1) is 10.8. The third-order valence-electron chi connectivity index (χ3n) is 2.95. The van der Waals surface area contributed by atoms with Gasteiger partial charge in [-0.15, -0.1) is 0 Å². The van der Waals surface area contributed by atoms with Crippen LogP contribution in [0.5, 0.6) is 11.5 Å². The number of methoxy groups -OCH3 is 2. The topological polar surface area (TPSA) is 85.5 Å². The van der Waals surface area contributed by atoms with Gasteiger partial charge in [0.25, 0.3) is 0 Å². The standard InChI is InChI=1S/C16H21N3O4/c1-16(2,3)23-15(20)19-11-7-14(22-5)13(21-4)6-10(11)12-8-17-9-18-12/h6-9H,1-5H3,(H,17,18)(H,19,20). The Hall–Kier alpha value is -2.70. The van der Waals surface area contributed by atoms with Crippen molar-refractivity contribution in [2.75, 3.05) is 19.5 Å². The van der Waals surface area contributed by atoms with Gasteiger partial charge in [0.2, 0.25) is 0 Å². The van der Waals surface area contributed by atoms with E-state index in [1.165, 1.54) is 7.11 Å². The van der Waals surface area contributed by atoms with Gasteiger partial charge in [-0.3, -0.25) is 5.32 Å². The fourth-order valence-corrected chi connectivity index (χ4v) is 2.02. The minimum Gasteiger partial charge on any atom is -0.493 e. The summed E-state index contributed by atoms with van der Waals surface area (Å²) in [5.74, 6) is 1.05. The molecule has 0 fully saturated rings. The van der Waals surface area contributed by atoms with Crippen LogP contribution in [0.25, 0.3) is 11.3 Å². The summed E-state index contributed by atoms with van der Waals surface area (Å²) in [4.78, 5) is 19.1. The lowest BCUT2D eigenvalue weighted by molar-refractivity contribution is 0.0636. The molecule has 1 aromatic carbocycles. The van der Waals surface area contributed by atoms with Gasteiger partial charge in [-0.2, -0.15) is 0 Å². The van der Waals surface area contributed by atoms with Gasteiger partial charge in [0.05, 0.1) is 38.1 Å². The molecule has 0 atom stereocenters. The third-order valence-corrected chi connectivity index (χ3v) is 2.95. The van der Waals surface area contributed by atoms with Crippen molar-refractivity contribution in [1.82, 2.24) is 9.97 Å². The van der Waals surface area contributed by atoms with Crippen molar-refractivity contribution < 1.29 is 19.0 Å². The number of benzene rings is 1. The summed E-state index contributed by atoms with van der Waals surface area (Å²) >= 11 is 0. The van der Waals surface area contributed by atoms with Crippen LogP contribution in [0.15, 0.2) is 24.7 Å². The minimum absolute atomic E-state index is 0.502. The maximum absolute atomic E-state index is 12.1. The van der Waals surface area contributed by atoms with E-state index < -0.39 is 11.7 Å². The molecule has 7 nitrogen and oxygen atoms in total. The normalized spacial score (nSPS) is 11.0. The lowest BCUT2D eigenvalue weighted by Gasteiger charge is -2.21. The summed E-state index contributed by atoms with van der Waals surface area (Å²) < 4.78 is 15.9. The smallest absolute Gasteiger partial charge is 0.412 e. The monoisotopic (exact) mass is 319 g/mol. The molecule has 2 rings (SSSR count). The van der Waals surface area contributed by atoms with Crippen LogP contribution in [0.1, 0.15) is 20.8 Å². The second-order valence-electron chi connectivity index (χ2n) is 5.84. The highest BCUT2D eigenvalue weighted by Crippen LogP contribution is 2.38. The number of hydrogen-bond acceptors (Lipinski definition) is 5. The molecule has 7 heteroatoms. The summed E-state index contributed by atoms with van der Waals surface area (Å²) in [6.07, 6.45) is 2.66. The van der Waals surface area contributed by atoms with Gasteiger partial charge in [0, 0.05) is 11.6 Å². The summed E-state index contributed by atoms with van der Waals surface area (Å²) in [6.45, 7) is 5.41. The second kappa shape index (κ2) is 6.60. The maximum Gasteiger partial charge on any atom is 0.412 e. The number of imidazole rings is 1. The molecule has 0 bridgehead atoms. The average Bonchev–Trinajstić information content (AvgIpc) is 2.98. The molecule has 0 aliphatic carbocycles.